The molecule has 0 aromatic heterocycles. The molecule has 0 bridgehead atoms. The van der Waals surface area contributed by atoms with Crippen LogP contribution in [0.4, 0.5) is 0 Å². The number of carbonyl (C=O) groups excluding carboxylic acids is 2. The lowest BCUT2D eigenvalue weighted by Gasteiger charge is -2.32. The van der Waals surface area contributed by atoms with E-state index in [1.54, 1.807) is 4.90 Å². The Balaban J connectivity index is 1.90. The molecular weight excluding hydrogens is 540 g/mol. The second-order valence-corrected chi connectivity index (χ2v) is 11.9. The van der Waals surface area contributed by atoms with Crippen LogP contribution in [0.25, 0.3) is 0 Å². The number of ether oxygens (including phenoxy) is 1. The molecule has 1 N–H and O–H groups in total. The molecule has 0 radical (unpaired) electrons. The van der Waals surface area contributed by atoms with Crippen molar-refractivity contribution in [2.24, 2.45) is 0 Å². The minimum absolute atomic E-state index is 0.00383. The predicted molar refractivity (Wildman–Crippen MR) is 157 cm³/mol. The lowest BCUT2D eigenvalue weighted by molar-refractivity contribution is -0.143. The topological polar surface area (TPSA) is 58.6 Å². The summed E-state index contributed by atoms with van der Waals surface area (Å²) in [6, 6.07) is 23.0. The predicted octanol–water partition coefficient (Wildman–Crippen LogP) is 6.60. The number of benzene rings is 3. The van der Waals surface area contributed by atoms with Crippen LogP contribution in [-0.2, 0) is 28.0 Å². The number of aryl methyl sites for hydroxylation is 1. The number of nitrogens with one attached hydrogen (secondary N) is 1. The van der Waals surface area contributed by atoms with Gasteiger partial charge >= 0.3 is 0 Å². The fourth-order valence-corrected chi connectivity index (χ4v) is 4.62. The molecular formula is C32H39BrN2O3. The van der Waals surface area contributed by atoms with Gasteiger partial charge < -0.3 is 15.0 Å². The first-order valence-electron chi connectivity index (χ1n) is 13.1. The van der Waals surface area contributed by atoms with Gasteiger partial charge in [0.05, 0.1) is 4.47 Å². The van der Waals surface area contributed by atoms with Gasteiger partial charge in [0, 0.05) is 19.0 Å². The Morgan fingerprint density at radius 2 is 1.61 bits per heavy atom. The summed E-state index contributed by atoms with van der Waals surface area (Å²) in [4.78, 5) is 28.9. The standard InChI is InChI=1S/C32H39BrN2O3/c1-22(2)34-31(37)28(18-24-10-8-7-9-11-24)35(20-25-14-12-23(3)13-15-25)30(36)21-38-29-17-16-26(19-27(29)33)32(4,5)6/h7-17,19,22,28H,18,20-21H2,1-6H3,(H,34,37). The third-order valence-corrected chi connectivity index (χ3v) is 6.94. The number of hydrogen-bond acceptors (Lipinski definition) is 3. The monoisotopic (exact) mass is 578 g/mol. The third-order valence-electron chi connectivity index (χ3n) is 6.32. The smallest absolute Gasteiger partial charge is 0.261 e. The van der Waals surface area contributed by atoms with E-state index in [1.165, 1.54) is 0 Å². The summed E-state index contributed by atoms with van der Waals surface area (Å²) in [6.45, 7) is 12.4. The van der Waals surface area contributed by atoms with E-state index in [0.717, 1.165) is 26.7 Å². The second kappa shape index (κ2) is 13.1. The maximum absolute atomic E-state index is 13.8. The van der Waals surface area contributed by atoms with Crippen LogP contribution in [0.1, 0.15) is 56.9 Å². The SMILES string of the molecule is Cc1ccc(CN(C(=O)COc2ccc(C(C)(C)C)cc2Br)C(Cc2ccccc2)C(=O)NC(C)C)cc1. The van der Waals surface area contributed by atoms with Gasteiger partial charge in [-0.1, -0.05) is 87.0 Å². The maximum atomic E-state index is 13.8. The van der Waals surface area contributed by atoms with Gasteiger partial charge in [0.1, 0.15) is 11.8 Å². The summed E-state index contributed by atoms with van der Waals surface area (Å²) >= 11 is 3.60. The normalized spacial score (nSPS) is 12.2. The van der Waals surface area contributed by atoms with E-state index in [2.05, 4.69) is 42.0 Å². The first kappa shape index (κ1) is 29.4. The molecule has 3 aromatic rings. The van der Waals surface area contributed by atoms with Crippen LogP contribution in [0.5, 0.6) is 5.75 Å². The molecule has 0 heterocycles. The quantitative estimate of drug-likeness (QED) is 0.295. The highest BCUT2D eigenvalue weighted by Crippen LogP contribution is 2.31. The fourth-order valence-electron chi connectivity index (χ4n) is 4.13. The van der Waals surface area contributed by atoms with Crippen LogP contribution in [-0.4, -0.2) is 35.4 Å². The van der Waals surface area contributed by atoms with Crippen molar-refractivity contribution in [3.05, 3.63) is 99.5 Å². The summed E-state index contributed by atoms with van der Waals surface area (Å²) < 4.78 is 6.79. The molecule has 0 fully saturated rings. The second-order valence-electron chi connectivity index (χ2n) is 11.1. The zero-order valence-corrected chi connectivity index (χ0v) is 24.8. The van der Waals surface area contributed by atoms with Crippen molar-refractivity contribution in [3.8, 4) is 5.75 Å². The van der Waals surface area contributed by atoms with Crippen molar-refractivity contribution < 1.29 is 14.3 Å². The van der Waals surface area contributed by atoms with Crippen molar-refractivity contribution in [3.63, 3.8) is 0 Å². The van der Waals surface area contributed by atoms with E-state index in [1.807, 2.05) is 93.6 Å². The average Bonchev–Trinajstić information content (AvgIpc) is 2.86. The molecule has 0 spiro atoms. The van der Waals surface area contributed by atoms with E-state index in [9.17, 15) is 9.59 Å². The van der Waals surface area contributed by atoms with Crippen LogP contribution in [0, 0.1) is 6.92 Å². The maximum Gasteiger partial charge on any atom is 0.261 e. The molecule has 3 rings (SSSR count). The number of halogens is 1. The van der Waals surface area contributed by atoms with Gasteiger partial charge in [-0.25, -0.2) is 0 Å². The minimum Gasteiger partial charge on any atom is -0.483 e. The van der Waals surface area contributed by atoms with E-state index in [-0.39, 0.29) is 29.9 Å². The Morgan fingerprint density at radius 3 is 2.18 bits per heavy atom. The largest absolute Gasteiger partial charge is 0.483 e. The summed E-state index contributed by atoms with van der Waals surface area (Å²) in [5, 5.41) is 3.02. The number of nitrogens with zero attached hydrogens (tertiary/aromatic N) is 1. The summed E-state index contributed by atoms with van der Waals surface area (Å²) in [5.74, 6) is 0.158. The molecule has 0 saturated carbocycles. The molecule has 3 aromatic carbocycles. The molecule has 6 heteroatoms. The van der Waals surface area contributed by atoms with Crippen molar-refractivity contribution >= 4 is 27.7 Å². The molecule has 1 atom stereocenters. The molecule has 202 valence electrons. The van der Waals surface area contributed by atoms with Crippen LogP contribution in [0.3, 0.4) is 0 Å². The molecule has 0 aliphatic carbocycles. The average molecular weight is 580 g/mol. The van der Waals surface area contributed by atoms with Crippen molar-refractivity contribution in [1.82, 2.24) is 10.2 Å². The van der Waals surface area contributed by atoms with Crippen LogP contribution >= 0.6 is 15.9 Å². The van der Waals surface area contributed by atoms with Gasteiger partial charge in [-0.15, -0.1) is 0 Å². The molecule has 5 nitrogen and oxygen atoms in total. The molecule has 38 heavy (non-hydrogen) atoms. The highest BCUT2D eigenvalue weighted by atomic mass is 79.9. The third kappa shape index (κ3) is 8.45. The number of rotatable bonds is 10. The Labute approximate surface area is 235 Å². The van der Waals surface area contributed by atoms with E-state index in [4.69, 9.17) is 4.74 Å². The Kier molecular flexibility index (Phi) is 10.1. The van der Waals surface area contributed by atoms with Gasteiger partial charge in [0.2, 0.25) is 5.91 Å². The Morgan fingerprint density at radius 1 is 0.947 bits per heavy atom. The van der Waals surface area contributed by atoms with Crippen molar-refractivity contribution in [2.45, 2.75) is 72.0 Å². The lowest BCUT2D eigenvalue weighted by atomic mass is 9.87. The van der Waals surface area contributed by atoms with Gasteiger partial charge in [-0.3, -0.25) is 9.59 Å². The lowest BCUT2D eigenvalue weighted by Crippen LogP contribution is -2.52. The molecule has 1 unspecified atom stereocenters. The zero-order chi connectivity index (χ0) is 27.9. The summed E-state index contributed by atoms with van der Waals surface area (Å²) in [6.07, 6.45) is 0.404. The van der Waals surface area contributed by atoms with Gasteiger partial charge in [-0.2, -0.15) is 0 Å². The van der Waals surface area contributed by atoms with Crippen LogP contribution < -0.4 is 10.1 Å². The summed E-state index contributed by atoms with van der Waals surface area (Å²) in [7, 11) is 0. The molecule has 0 saturated heterocycles. The van der Waals surface area contributed by atoms with Crippen molar-refractivity contribution in [2.75, 3.05) is 6.61 Å². The van der Waals surface area contributed by atoms with Gasteiger partial charge in [-0.05, 0) is 70.9 Å². The Bertz CT molecular complexity index is 1220. The number of carbonyl (C=O) groups is 2. The van der Waals surface area contributed by atoms with E-state index < -0.39 is 6.04 Å². The van der Waals surface area contributed by atoms with Gasteiger partial charge in [0.15, 0.2) is 6.61 Å². The first-order valence-corrected chi connectivity index (χ1v) is 13.9. The first-order chi connectivity index (χ1) is 17.9. The highest BCUT2D eigenvalue weighted by Gasteiger charge is 2.31. The molecule has 0 aliphatic rings. The van der Waals surface area contributed by atoms with Crippen molar-refractivity contribution in [1.29, 1.82) is 0 Å². The number of hydrogen-bond donors (Lipinski definition) is 1. The number of amides is 2. The van der Waals surface area contributed by atoms with E-state index in [0.29, 0.717) is 18.7 Å². The van der Waals surface area contributed by atoms with E-state index >= 15 is 0 Å². The van der Waals surface area contributed by atoms with Gasteiger partial charge in [0.25, 0.3) is 5.91 Å². The summed E-state index contributed by atoms with van der Waals surface area (Å²) in [5.41, 5.74) is 4.24. The molecule has 2 amide bonds. The highest BCUT2D eigenvalue weighted by molar-refractivity contribution is 9.10. The van der Waals surface area contributed by atoms with Crippen LogP contribution in [0.15, 0.2) is 77.3 Å². The minimum atomic E-state index is -0.691. The molecule has 0 aliphatic heterocycles. The van der Waals surface area contributed by atoms with Crippen LogP contribution in [0.2, 0.25) is 0 Å². The fraction of sp³-hybridized carbons (Fsp3) is 0.375. The zero-order valence-electron chi connectivity index (χ0n) is 23.3. The Hall–Kier alpha value is -3.12.